The molecule has 0 amide bonds. The molecule has 0 saturated carbocycles. The minimum atomic E-state index is -0.949. The van der Waals surface area contributed by atoms with Gasteiger partial charge >= 0.3 is 5.97 Å². The first-order valence-corrected chi connectivity index (χ1v) is 3.21. The molecule has 1 rings (SSSR count). The Balaban J connectivity index is 2.46. The molecule has 0 aromatic rings. The first-order valence-electron chi connectivity index (χ1n) is 3.21. The summed E-state index contributed by atoms with van der Waals surface area (Å²) in [6, 6.07) is 0. The molecule has 4 heteroatoms. The maximum absolute atomic E-state index is 10.7. The Labute approximate surface area is 58.4 Å². The van der Waals surface area contributed by atoms with Gasteiger partial charge in [0, 0.05) is 0 Å². The number of carbonyl (C=O) groups is 1. The largest absolute Gasteiger partial charge is 0.465 e. The van der Waals surface area contributed by atoms with Gasteiger partial charge in [0.1, 0.15) is 0 Å². The van der Waals surface area contributed by atoms with E-state index in [0.29, 0.717) is 13.0 Å². The van der Waals surface area contributed by atoms with E-state index in [1.807, 2.05) is 0 Å². The van der Waals surface area contributed by atoms with Crippen molar-refractivity contribution in [3.05, 3.63) is 0 Å². The van der Waals surface area contributed by atoms with E-state index < -0.39 is 18.0 Å². The van der Waals surface area contributed by atoms with Crippen molar-refractivity contribution in [1.82, 2.24) is 0 Å². The van der Waals surface area contributed by atoms with E-state index in [4.69, 9.17) is 10.2 Å². The Morgan fingerprint density at radius 1 is 1.80 bits per heavy atom. The summed E-state index contributed by atoms with van der Waals surface area (Å²) in [5.41, 5.74) is 0. The van der Waals surface area contributed by atoms with Crippen LogP contribution < -0.4 is 0 Å². The predicted octanol–water partition coefficient (Wildman–Crippen LogP) is -1.10. The number of cyclic esters (lactones) is 1. The Bertz CT molecular complexity index is 134. The van der Waals surface area contributed by atoms with E-state index in [1.165, 1.54) is 0 Å². The quantitative estimate of drug-likeness (QED) is 0.485. The Hall–Kier alpha value is -0.610. The summed E-state index contributed by atoms with van der Waals surface area (Å²) in [4.78, 5) is 10.7. The van der Waals surface area contributed by atoms with Crippen molar-refractivity contribution >= 4 is 5.97 Å². The van der Waals surface area contributed by atoms with Crippen LogP contribution in [0, 0.1) is 5.92 Å². The summed E-state index contributed by atoms with van der Waals surface area (Å²) >= 11 is 0. The summed E-state index contributed by atoms with van der Waals surface area (Å²) in [6.45, 7) is -0.0136. The van der Waals surface area contributed by atoms with Gasteiger partial charge in [-0.25, -0.2) is 0 Å². The summed E-state index contributed by atoms with van der Waals surface area (Å²) in [6.07, 6.45) is -0.435. The lowest BCUT2D eigenvalue weighted by atomic mass is 10.0. The lowest BCUT2D eigenvalue weighted by Gasteiger charge is -2.09. The van der Waals surface area contributed by atoms with Crippen molar-refractivity contribution in [2.75, 3.05) is 13.2 Å². The van der Waals surface area contributed by atoms with Crippen molar-refractivity contribution in [2.24, 2.45) is 5.92 Å². The number of ether oxygens (including phenoxy) is 1. The molecule has 1 aliphatic heterocycles. The zero-order valence-electron chi connectivity index (χ0n) is 5.49. The van der Waals surface area contributed by atoms with Gasteiger partial charge in [-0.05, 0) is 6.42 Å². The molecule has 0 aromatic heterocycles. The third kappa shape index (κ3) is 1.27. The van der Waals surface area contributed by atoms with Crippen LogP contribution in [-0.2, 0) is 9.53 Å². The second-order valence-corrected chi connectivity index (χ2v) is 2.31. The highest BCUT2D eigenvalue weighted by atomic mass is 16.5. The number of aliphatic hydroxyl groups excluding tert-OH is 2. The highest BCUT2D eigenvalue weighted by Gasteiger charge is 2.32. The monoisotopic (exact) mass is 146 g/mol. The minimum absolute atomic E-state index is 0.362. The van der Waals surface area contributed by atoms with Crippen LogP contribution in [0.25, 0.3) is 0 Å². The molecule has 10 heavy (non-hydrogen) atoms. The molecule has 1 fully saturated rings. The van der Waals surface area contributed by atoms with E-state index in [-0.39, 0.29) is 6.61 Å². The molecule has 0 radical (unpaired) electrons. The Kier molecular flexibility index (Phi) is 2.24. The molecule has 0 bridgehead atoms. The molecule has 2 atom stereocenters. The van der Waals surface area contributed by atoms with Crippen LogP contribution in [0.3, 0.4) is 0 Å². The summed E-state index contributed by atoms with van der Waals surface area (Å²) in [5, 5.41) is 17.4. The van der Waals surface area contributed by atoms with Crippen LogP contribution >= 0.6 is 0 Å². The molecule has 2 N–H and O–H groups in total. The number of carbonyl (C=O) groups excluding carboxylic acids is 1. The second-order valence-electron chi connectivity index (χ2n) is 2.31. The van der Waals surface area contributed by atoms with Gasteiger partial charge < -0.3 is 14.9 Å². The maximum Gasteiger partial charge on any atom is 0.311 e. The zero-order chi connectivity index (χ0) is 7.56. The highest BCUT2D eigenvalue weighted by molar-refractivity contribution is 5.74. The van der Waals surface area contributed by atoms with Crippen LogP contribution in [0.15, 0.2) is 0 Å². The molecular formula is C6H10O4. The lowest BCUT2D eigenvalue weighted by molar-refractivity contribution is -0.144. The summed E-state index contributed by atoms with van der Waals surface area (Å²) < 4.78 is 4.58. The van der Waals surface area contributed by atoms with Gasteiger partial charge in [0.05, 0.1) is 25.2 Å². The molecule has 1 saturated heterocycles. The fourth-order valence-electron chi connectivity index (χ4n) is 0.988. The van der Waals surface area contributed by atoms with Crippen LogP contribution in [0.5, 0.6) is 0 Å². The van der Waals surface area contributed by atoms with Crippen molar-refractivity contribution < 1.29 is 19.7 Å². The van der Waals surface area contributed by atoms with E-state index in [0.717, 1.165) is 0 Å². The fourth-order valence-corrected chi connectivity index (χ4v) is 0.988. The molecular weight excluding hydrogens is 136 g/mol. The van der Waals surface area contributed by atoms with Crippen molar-refractivity contribution in [3.63, 3.8) is 0 Å². The molecule has 1 heterocycles. The van der Waals surface area contributed by atoms with Gasteiger partial charge in [0.15, 0.2) is 0 Å². The zero-order valence-corrected chi connectivity index (χ0v) is 5.49. The van der Waals surface area contributed by atoms with Gasteiger partial charge in [-0.3, -0.25) is 4.79 Å². The van der Waals surface area contributed by atoms with E-state index in [1.54, 1.807) is 0 Å². The normalized spacial score (nSPS) is 28.2. The predicted molar refractivity (Wildman–Crippen MR) is 32.2 cm³/mol. The summed E-state index contributed by atoms with van der Waals surface area (Å²) in [5.74, 6) is -0.911. The van der Waals surface area contributed by atoms with E-state index >= 15 is 0 Å². The number of esters is 1. The lowest BCUT2D eigenvalue weighted by Crippen LogP contribution is -2.27. The number of rotatable bonds is 2. The van der Waals surface area contributed by atoms with Crippen molar-refractivity contribution in [2.45, 2.75) is 12.5 Å². The van der Waals surface area contributed by atoms with Gasteiger partial charge in [0.2, 0.25) is 0 Å². The fraction of sp³-hybridized carbons (Fsp3) is 0.833. The summed E-state index contributed by atoms with van der Waals surface area (Å²) in [7, 11) is 0. The van der Waals surface area contributed by atoms with Crippen molar-refractivity contribution in [1.29, 1.82) is 0 Å². The van der Waals surface area contributed by atoms with Gasteiger partial charge in [-0.2, -0.15) is 0 Å². The minimum Gasteiger partial charge on any atom is -0.465 e. The standard InChI is InChI=1S/C6H10O4/c7-3-5(8)4-1-2-10-6(4)9/h4-5,7-8H,1-3H2/t4-,5+/m0/s1. The molecule has 4 nitrogen and oxygen atoms in total. The van der Waals surface area contributed by atoms with Crippen LogP contribution in [0.1, 0.15) is 6.42 Å². The van der Waals surface area contributed by atoms with E-state index in [2.05, 4.69) is 4.74 Å². The van der Waals surface area contributed by atoms with Gasteiger partial charge in [-0.1, -0.05) is 0 Å². The topological polar surface area (TPSA) is 66.8 Å². The number of hydrogen-bond donors (Lipinski definition) is 2. The second kappa shape index (κ2) is 2.98. The van der Waals surface area contributed by atoms with Crippen LogP contribution in [-0.4, -0.2) is 35.5 Å². The van der Waals surface area contributed by atoms with E-state index in [9.17, 15) is 4.79 Å². The molecule has 0 spiro atoms. The maximum atomic E-state index is 10.7. The molecule has 1 aliphatic rings. The van der Waals surface area contributed by atoms with Gasteiger partial charge in [-0.15, -0.1) is 0 Å². The SMILES string of the molecule is O=C1OCC[C@H]1[C@H](O)CO. The molecule has 0 unspecified atom stereocenters. The third-order valence-corrected chi connectivity index (χ3v) is 1.63. The Morgan fingerprint density at radius 3 is 2.90 bits per heavy atom. The number of hydrogen-bond acceptors (Lipinski definition) is 4. The highest BCUT2D eigenvalue weighted by Crippen LogP contribution is 2.17. The molecule has 0 aliphatic carbocycles. The molecule has 58 valence electrons. The van der Waals surface area contributed by atoms with Crippen molar-refractivity contribution in [3.8, 4) is 0 Å². The Morgan fingerprint density at radius 2 is 2.50 bits per heavy atom. The first-order chi connectivity index (χ1) is 4.75. The van der Waals surface area contributed by atoms with Gasteiger partial charge in [0.25, 0.3) is 0 Å². The third-order valence-electron chi connectivity index (χ3n) is 1.63. The average molecular weight is 146 g/mol. The van der Waals surface area contributed by atoms with Crippen LogP contribution in [0.2, 0.25) is 0 Å². The first kappa shape index (κ1) is 7.50. The van der Waals surface area contributed by atoms with Crippen LogP contribution in [0.4, 0.5) is 0 Å². The number of aliphatic hydroxyl groups is 2. The average Bonchev–Trinajstić information content (AvgIpc) is 2.34. The smallest absolute Gasteiger partial charge is 0.311 e. The molecule has 0 aromatic carbocycles.